The molecule has 1 aliphatic rings. The summed E-state index contributed by atoms with van der Waals surface area (Å²) in [6.07, 6.45) is 0.662. The van der Waals surface area contributed by atoms with Crippen LogP contribution in [0.3, 0.4) is 0 Å². The van der Waals surface area contributed by atoms with E-state index >= 15 is 0 Å². The van der Waals surface area contributed by atoms with Crippen LogP contribution in [0, 0.1) is 0 Å². The number of ether oxygens (including phenoxy) is 1. The molecule has 23 heavy (non-hydrogen) atoms. The Morgan fingerprint density at radius 3 is 2.57 bits per heavy atom. The summed E-state index contributed by atoms with van der Waals surface area (Å²) in [5, 5.41) is 10.7. The van der Waals surface area contributed by atoms with E-state index < -0.39 is 29.9 Å². The van der Waals surface area contributed by atoms with Crippen LogP contribution in [0.4, 0.5) is 4.79 Å². The molecule has 8 heteroatoms. The summed E-state index contributed by atoms with van der Waals surface area (Å²) < 4.78 is 4.96. The lowest BCUT2D eigenvalue weighted by molar-refractivity contribution is -0.153. The first-order valence-electron chi connectivity index (χ1n) is 6.71. The summed E-state index contributed by atoms with van der Waals surface area (Å²) in [5.74, 6) is -2.64. The maximum Gasteiger partial charge on any atom is 0.408 e. The smallest absolute Gasteiger partial charge is 0.408 e. The van der Waals surface area contributed by atoms with Crippen LogP contribution in [-0.4, -0.2) is 46.5 Å². The highest BCUT2D eigenvalue weighted by Gasteiger charge is 2.41. The van der Waals surface area contributed by atoms with Gasteiger partial charge in [-0.2, -0.15) is 0 Å². The number of hydrogen-bond acceptors (Lipinski definition) is 5. The Hall–Kier alpha value is -3.16. The Labute approximate surface area is 131 Å². The van der Waals surface area contributed by atoms with Gasteiger partial charge in [0.2, 0.25) is 0 Å². The summed E-state index contributed by atoms with van der Waals surface area (Å²) >= 11 is 0. The van der Waals surface area contributed by atoms with Crippen molar-refractivity contribution in [2.75, 3.05) is 6.54 Å². The number of imide groups is 1. The Balaban J connectivity index is 1.75. The van der Waals surface area contributed by atoms with Gasteiger partial charge in [0.1, 0.15) is 12.6 Å². The molecule has 0 aromatic heterocycles. The summed E-state index contributed by atoms with van der Waals surface area (Å²) in [4.78, 5) is 45.9. The van der Waals surface area contributed by atoms with Crippen LogP contribution in [0.25, 0.3) is 0 Å². The Morgan fingerprint density at radius 1 is 1.26 bits per heavy atom. The molecule has 1 fully saturated rings. The number of benzene rings is 1. The van der Waals surface area contributed by atoms with Crippen molar-refractivity contribution in [2.24, 2.45) is 0 Å². The van der Waals surface area contributed by atoms with Crippen LogP contribution in [-0.2, 0) is 25.7 Å². The molecule has 1 aliphatic heterocycles. The molecular formula is C15H14N2O6. The minimum Gasteiger partial charge on any atom is -0.478 e. The lowest BCUT2D eigenvalue weighted by Crippen LogP contribution is -2.65. The molecule has 0 aliphatic carbocycles. The molecule has 0 spiro atoms. The van der Waals surface area contributed by atoms with E-state index in [9.17, 15) is 19.2 Å². The molecule has 1 aromatic rings. The van der Waals surface area contributed by atoms with Crippen molar-refractivity contribution in [1.29, 1.82) is 0 Å². The van der Waals surface area contributed by atoms with Crippen molar-refractivity contribution in [2.45, 2.75) is 12.6 Å². The van der Waals surface area contributed by atoms with Crippen LogP contribution >= 0.6 is 0 Å². The second-order valence-corrected chi connectivity index (χ2v) is 4.72. The minimum atomic E-state index is -1.29. The first-order valence-corrected chi connectivity index (χ1v) is 6.71. The van der Waals surface area contributed by atoms with Crippen molar-refractivity contribution in [1.82, 2.24) is 10.2 Å². The quantitative estimate of drug-likeness (QED) is 0.596. The van der Waals surface area contributed by atoms with Gasteiger partial charge in [-0.05, 0) is 5.56 Å². The summed E-state index contributed by atoms with van der Waals surface area (Å²) in [6, 6.07) is 8.18. The fraction of sp³-hybridized carbons (Fsp3) is 0.200. The molecule has 2 rings (SSSR count). The molecule has 0 bridgehead atoms. The third kappa shape index (κ3) is 4.40. The van der Waals surface area contributed by atoms with Crippen LogP contribution in [0.15, 0.2) is 42.5 Å². The van der Waals surface area contributed by atoms with Gasteiger partial charge in [-0.15, -0.1) is 0 Å². The number of nitrogens with zero attached hydrogens (tertiary/aromatic N) is 1. The van der Waals surface area contributed by atoms with Crippen molar-refractivity contribution in [3.05, 3.63) is 48.0 Å². The Bertz CT molecular complexity index is 655. The number of carbonyl (C=O) groups excluding carboxylic acids is 3. The monoisotopic (exact) mass is 318 g/mol. The number of aliphatic carboxylic acids is 1. The first kappa shape index (κ1) is 16.2. The standard InChI is InChI=1S/C15H14N2O6/c18-12(6-7-13(19)20)17-8-11(14(17)21)16-15(22)23-9-10-4-2-1-3-5-10/h1-7,11H,8-9H2,(H,16,22)(H,19,20)/t11-/m0/s1. The van der Waals surface area contributed by atoms with E-state index in [1.165, 1.54) is 0 Å². The minimum absolute atomic E-state index is 0.0257. The van der Waals surface area contributed by atoms with E-state index in [0.29, 0.717) is 6.08 Å². The molecule has 1 aromatic carbocycles. The molecule has 0 saturated carbocycles. The number of carboxylic acid groups (broad SMARTS) is 1. The number of β-lactam (4-membered cyclic amide) rings is 1. The third-order valence-corrected chi connectivity index (χ3v) is 3.07. The molecule has 2 N–H and O–H groups in total. The predicted octanol–water partition coefficient (Wildman–Crippen LogP) is 0.291. The molecule has 3 amide bonds. The van der Waals surface area contributed by atoms with Crippen molar-refractivity contribution >= 4 is 23.9 Å². The zero-order valence-corrected chi connectivity index (χ0v) is 12.0. The fourth-order valence-corrected chi connectivity index (χ4v) is 1.87. The van der Waals surface area contributed by atoms with Gasteiger partial charge in [-0.3, -0.25) is 14.5 Å². The normalized spacial score (nSPS) is 16.8. The average Bonchev–Trinajstić information content (AvgIpc) is 2.54. The van der Waals surface area contributed by atoms with Gasteiger partial charge in [0.05, 0.1) is 6.54 Å². The van der Waals surface area contributed by atoms with Crippen LogP contribution in [0.5, 0.6) is 0 Å². The van der Waals surface area contributed by atoms with Crippen LogP contribution in [0.1, 0.15) is 5.56 Å². The topological polar surface area (TPSA) is 113 Å². The van der Waals surface area contributed by atoms with Crippen molar-refractivity contribution in [3.8, 4) is 0 Å². The molecule has 0 unspecified atom stereocenters. The van der Waals surface area contributed by atoms with E-state index in [4.69, 9.17) is 9.84 Å². The highest BCUT2D eigenvalue weighted by molar-refractivity contribution is 6.08. The molecular weight excluding hydrogens is 304 g/mol. The number of rotatable bonds is 5. The second-order valence-electron chi connectivity index (χ2n) is 4.72. The van der Waals surface area contributed by atoms with E-state index in [0.717, 1.165) is 16.5 Å². The van der Waals surface area contributed by atoms with Gasteiger partial charge in [-0.1, -0.05) is 30.3 Å². The first-order chi connectivity index (χ1) is 11.0. The zero-order valence-electron chi connectivity index (χ0n) is 12.0. The number of nitrogens with one attached hydrogen (secondary N) is 1. The number of alkyl carbamates (subject to hydrolysis) is 1. The number of carboxylic acids is 1. The molecule has 0 radical (unpaired) electrons. The van der Waals surface area contributed by atoms with Gasteiger partial charge < -0.3 is 15.2 Å². The molecule has 1 saturated heterocycles. The maximum absolute atomic E-state index is 11.7. The summed E-state index contributed by atoms with van der Waals surface area (Å²) in [6.45, 7) is 0.0413. The highest BCUT2D eigenvalue weighted by Crippen LogP contribution is 2.11. The van der Waals surface area contributed by atoms with E-state index in [1.807, 2.05) is 6.07 Å². The van der Waals surface area contributed by atoms with Crippen molar-refractivity contribution in [3.63, 3.8) is 0 Å². The Kier molecular flexibility index (Phi) is 5.08. The fourth-order valence-electron chi connectivity index (χ4n) is 1.87. The molecule has 1 atom stereocenters. The van der Waals surface area contributed by atoms with Crippen LogP contribution < -0.4 is 5.32 Å². The van der Waals surface area contributed by atoms with Crippen molar-refractivity contribution < 1.29 is 29.0 Å². The highest BCUT2D eigenvalue weighted by atomic mass is 16.5. The van der Waals surface area contributed by atoms with Gasteiger partial charge in [0.25, 0.3) is 11.8 Å². The lowest BCUT2D eigenvalue weighted by atomic mass is 10.1. The second kappa shape index (κ2) is 7.21. The third-order valence-electron chi connectivity index (χ3n) is 3.07. The number of carbonyl (C=O) groups is 4. The maximum atomic E-state index is 11.7. The number of likely N-dealkylation sites (tertiary alicyclic amines) is 1. The van der Waals surface area contributed by atoms with Gasteiger partial charge in [0, 0.05) is 12.2 Å². The summed E-state index contributed by atoms with van der Waals surface area (Å²) in [7, 11) is 0. The number of hydrogen-bond donors (Lipinski definition) is 2. The average molecular weight is 318 g/mol. The lowest BCUT2D eigenvalue weighted by Gasteiger charge is -2.35. The number of amides is 3. The Morgan fingerprint density at radius 2 is 1.96 bits per heavy atom. The van der Waals surface area contributed by atoms with E-state index in [-0.39, 0.29) is 13.2 Å². The molecule has 8 nitrogen and oxygen atoms in total. The molecule has 120 valence electrons. The zero-order chi connectivity index (χ0) is 16.8. The largest absolute Gasteiger partial charge is 0.478 e. The van der Waals surface area contributed by atoms with Gasteiger partial charge >= 0.3 is 12.1 Å². The van der Waals surface area contributed by atoms with Crippen LogP contribution in [0.2, 0.25) is 0 Å². The molecule has 1 heterocycles. The van der Waals surface area contributed by atoms with E-state index in [2.05, 4.69) is 5.32 Å². The van der Waals surface area contributed by atoms with Gasteiger partial charge in [0.15, 0.2) is 0 Å². The van der Waals surface area contributed by atoms with E-state index in [1.54, 1.807) is 24.3 Å². The SMILES string of the molecule is O=C(O)C=CC(=O)N1C[C@H](NC(=O)OCc2ccccc2)C1=O. The van der Waals surface area contributed by atoms with Gasteiger partial charge in [-0.25, -0.2) is 9.59 Å². The summed E-state index contributed by atoms with van der Waals surface area (Å²) in [5.41, 5.74) is 0.804. The predicted molar refractivity (Wildman–Crippen MR) is 77.0 cm³/mol.